The van der Waals surface area contributed by atoms with Crippen molar-refractivity contribution >= 4 is 27.3 Å². The van der Waals surface area contributed by atoms with Crippen LogP contribution in [0, 0.1) is 18.6 Å². The average Bonchev–Trinajstić information content (AvgIpc) is 2.30. The number of anilines is 1. The molecule has 0 unspecified atom stereocenters. The Balaban J connectivity index is 2.37. The molecule has 0 saturated heterocycles. The van der Waals surface area contributed by atoms with Gasteiger partial charge in [-0.2, -0.15) is 0 Å². The first-order chi connectivity index (χ1) is 9.28. The highest BCUT2D eigenvalue weighted by molar-refractivity contribution is 7.92. The zero-order valence-corrected chi connectivity index (χ0v) is 11.9. The maximum absolute atomic E-state index is 13.0. The molecule has 0 bridgehead atoms. The Hall–Kier alpha value is -1.66. The standard InChI is InChI=1S/C13H10ClF2NO2S/c1-8-2-3-12(7-13(8)14)20(18,19)17-11-5-9(15)4-10(16)6-11/h2-7,17H,1H3. The van der Waals surface area contributed by atoms with Gasteiger partial charge in [-0.25, -0.2) is 17.2 Å². The fourth-order valence-corrected chi connectivity index (χ4v) is 2.88. The first kappa shape index (κ1) is 14.7. The molecular weight excluding hydrogens is 308 g/mol. The number of nitrogens with one attached hydrogen (secondary N) is 1. The SMILES string of the molecule is Cc1ccc(S(=O)(=O)Nc2cc(F)cc(F)c2)cc1Cl. The predicted molar refractivity (Wildman–Crippen MR) is 73.4 cm³/mol. The molecule has 0 fully saturated rings. The van der Waals surface area contributed by atoms with Gasteiger partial charge in [0.2, 0.25) is 0 Å². The fourth-order valence-electron chi connectivity index (χ4n) is 1.57. The third-order valence-corrected chi connectivity index (χ3v) is 4.35. The lowest BCUT2D eigenvalue weighted by molar-refractivity contribution is 0.584. The van der Waals surface area contributed by atoms with E-state index >= 15 is 0 Å². The van der Waals surface area contributed by atoms with Crippen molar-refractivity contribution in [3.63, 3.8) is 0 Å². The lowest BCUT2D eigenvalue weighted by Gasteiger charge is -2.09. The maximum Gasteiger partial charge on any atom is 0.261 e. The van der Waals surface area contributed by atoms with Gasteiger partial charge in [0.1, 0.15) is 11.6 Å². The second kappa shape index (κ2) is 5.38. The van der Waals surface area contributed by atoms with Crippen molar-refractivity contribution in [2.24, 2.45) is 0 Å². The molecule has 0 atom stereocenters. The molecule has 2 rings (SSSR count). The van der Waals surface area contributed by atoms with E-state index in [1.54, 1.807) is 13.0 Å². The zero-order chi connectivity index (χ0) is 14.9. The van der Waals surface area contributed by atoms with Crippen LogP contribution in [0.1, 0.15) is 5.56 Å². The van der Waals surface area contributed by atoms with E-state index in [0.29, 0.717) is 11.1 Å². The van der Waals surface area contributed by atoms with E-state index in [2.05, 4.69) is 4.72 Å². The summed E-state index contributed by atoms with van der Waals surface area (Å²) in [5, 5.41) is 0.290. The average molecular weight is 318 g/mol. The van der Waals surface area contributed by atoms with Crippen LogP contribution < -0.4 is 4.72 Å². The number of sulfonamides is 1. The number of hydrogen-bond acceptors (Lipinski definition) is 2. The van der Waals surface area contributed by atoms with Gasteiger partial charge in [0.15, 0.2) is 0 Å². The van der Waals surface area contributed by atoms with Crippen LogP contribution in [-0.4, -0.2) is 8.42 Å². The first-order valence-electron chi connectivity index (χ1n) is 5.53. The number of benzene rings is 2. The van der Waals surface area contributed by atoms with Crippen molar-refractivity contribution in [3.05, 3.63) is 58.6 Å². The smallest absolute Gasteiger partial charge is 0.261 e. The van der Waals surface area contributed by atoms with E-state index in [1.807, 2.05) is 0 Å². The van der Waals surface area contributed by atoms with Gasteiger partial charge in [-0.3, -0.25) is 4.72 Å². The van der Waals surface area contributed by atoms with Crippen LogP contribution in [0.25, 0.3) is 0 Å². The molecule has 0 radical (unpaired) electrons. The minimum atomic E-state index is -3.95. The highest BCUT2D eigenvalue weighted by Crippen LogP contribution is 2.23. The Labute approximate surface area is 120 Å². The molecule has 3 nitrogen and oxygen atoms in total. The second-order valence-corrected chi connectivity index (χ2v) is 6.26. The van der Waals surface area contributed by atoms with Crippen molar-refractivity contribution in [2.45, 2.75) is 11.8 Å². The number of rotatable bonds is 3. The van der Waals surface area contributed by atoms with Gasteiger partial charge < -0.3 is 0 Å². The summed E-state index contributed by atoms with van der Waals surface area (Å²) < 4.78 is 52.3. The van der Waals surface area contributed by atoms with Gasteiger partial charge in [-0.15, -0.1) is 0 Å². The zero-order valence-electron chi connectivity index (χ0n) is 10.3. The van der Waals surface area contributed by atoms with E-state index in [1.165, 1.54) is 12.1 Å². The molecule has 0 spiro atoms. The van der Waals surface area contributed by atoms with E-state index in [0.717, 1.165) is 17.7 Å². The van der Waals surface area contributed by atoms with E-state index in [-0.39, 0.29) is 10.6 Å². The van der Waals surface area contributed by atoms with Crippen LogP contribution >= 0.6 is 11.6 Å². The van der Waals surface area contributed by atoms with E-state index < -0.39 is 21.7 Å². The van der Waals surface area contributed by atoms with Gasteiger partial charge in [-0.1, -0.05) is 17.7 Å². The molecule has 20 heavy (non-hydrogen) atoms. The van der Waals surface area contributed by atoms with Crippen molar-refractivity contribution < 1.29 is 17.2 Å². The summed E-state index contributed by atoms with van der Waals surface area (Å²) in [7, 11) is -3.95. The minimum Gasteiger partial charge on any atom is -0.279 e. The molecule has 0 amide bonds. The van der Waals surface area contributed by atoms with Gasteiger partial charge in [0.25, 0.3) is 10.0 Å². The summed E-state index contributed by atoms with van der Waals surface area (Å²) >= 11 is 5.86. The predicted octanol–water partition coefficient (Wildman–Crippen LogP) is 3.73. The van der Waals surface area contributed by atoms with Crippen LogP contribution in [0.2, 0.25) is 5.02 Å². The van der Waals surface area contributed by atoms with Crippen molar-refractivity contribution in [2.75, 3.05) is 4.72 Å². The van der Waals surface area contributed by atoms with Crippen LogP contribution in [0.3, 0.4) is 0 Å². The Kier molecular flexibility index (Phi) is 3.96. The van der Waals surface area contributed by atoms with E-state index in [9.17, 15) is 17.2 Å². The molecule has 106 valence electrons. The first-order valence-corrected chi connectivity index (χ1v) is 7.39. The third-order valence-electron chi connectivity index (χ3n) is 2.57. The molecule has 0 saturated carbocycles. The van der Waals surface area contributed by atoms with Crippen molar-refractivity contribution in [1.29, 1.82) is 0 Å². The molecule has 0 aromatic heterocycles. The quantitative estimate of drug-likeness (QED) is 0.937. The number of aryl methyl sites for hydroxylation is 1. The molecule has 2 aromatic carbocycles. The van der Waals surface area contributed by atoms with Crippen molar-refractivity contribution in [3.8, 4) is 0 Å². The van der Waals surface area contributed by atoms with Crippen LogP contribution in [0.15, 0.2) is 41.3 Å². The maximum atomic E-state index is 13.0. The molecule has 0 aliphatic rings. The third kappa shape index (κ3) is 3.26. The van der Waals surface area contributed by atoms with Gasteiger partial charge in [0, 0.05) is 11.1 Å². The highest BCUT2D eigenvalue weighted by Gasteiger charge is 2.16. The minimum absolute atomic E-state index is 0.0854. The Bertz CT molecular complexity index is 743. The van der Waals surface area contributed by atoms with Gasteiger partial charge in [0.05, 0.1) is 10.6 Å². The summed E-state index contributed by atoms with van der Waals surface area (Å²) in [6.45, 7) is 1.73. The topological polar surface area (TPSA) is 46.2 Å². The van der Waals surface area contributed by atoms with Crippen LogP contribution in [0.4, 0.5) is 14.5 Å². The Morgan fingerprint density at radius 3 is 2.20 bits per heavy atom. The van der Waals surface area contributed by atoms with Crippen LogP contribution in [0.5, 0.6) is 0 Å². The highest BCUT2D eigenvalue weighted by atomic mass is 35.5. The number of halogens is 3. The molecule has 0 heterocycles. The molecule has 0 aliphatic heterocycles. The monoisotopic (exact) mass is 317 g/mol. The summed E-state index contributed by atoms with van der Waals surface area (Å²) in [4.78, 5) is -0.0854. The van der Waals surface area contributed by atoms with Gasteiger partial charge in [-0.05, 0) is 36.8 Å². The molecule has 7 heteroatoms. The number of hydrogen-bond donors (Lipinski definition) is 1. The largest absolute Gasteiger partial charge is 0.279 e. The second-order valence-electron chi connectivity index (χ2n) is 4.17. The molecule has 2 aromatic rings. The summed E-state index contributed by atoms with van der Waals surface area (Å²) in [6.07, 6.45) is 0. The van der Waals surface area contributed by atoms with Crippen molar-refractivity contribution in [1.82, 2.24) is 0 Å². The summed E-state index contributed by atoms with van der Waals surface area (Å²) in [6, 6.07) is 6.60. The summed E-state index contributed by atoms with van der Waals surface area (Å²) in [5.74, 6) is -1.74. The molecular formula is C13H10ClF2NO2S. The molecule has 0 aliphatic carbocycles. The van der Waals surface area contributed by atoms with Gasteiger partial charge >= 0.3 is 0 Å². The Morgan fingerprint density at radius 1 is 1.05 bits per heavy atom. The molecule has 1 N–H and O–H groups in total. The lowest BCUT2D eigenvalue weighted by Crippen LogP contribution is -2.13. The Morgan fingerprint density at radius 2 is 1.65 bits per heavy atom. The fraction of sp³-hybridized carbons (Fsp3) is 0.0769. The lowest BCUT2D eigenvalue weighted by atomic mass is 10.2. The normalized spacial score (nSPS) is 11.4. The summed E-state index contributed by atoms with van der Waals surface area (Å²) in [5.41, 5.74) is 0.529. The van der Waals surface area contributed by atoms with Crippen LogP contribution in [-0.2, 0) is 10.0 Å². The van der Waals surface area contributed by atoms with E-state index in [4.69, 9.17) is 11.6 Å².